The van der Waals surface area contributed by atoms with Crippen LogP contribution in [0.2, 0.25) is 0 Å². The minimum absolute atomic E-state index is 0.149. The van der Waals surface area contributed by atoms with E-state index in [2.05, 4.69) is 15.6 Å². The van der Waals surface area contributed by atoms with Gasteiger partial charge < -0.3 is 10.6 Å². The van der Waals surface area contributed by atoms with Crippen molar-refractivity contribution in [1.29, 1.82) is 0 Å². The van der Waals surface area contributed by atoms with Crippen molar-refractivity contribution in [1.82, 2.24) is 10.3 Å². The number of pyridine rings is 1. The van der Waals surface area contributed by atoms with E-state index in [0.717, 1.165) is 11.4 Å². The lowest BCUT2D eigenvalue weighted by Crippen LogP contribution is -2.21. The van der Waals surface area contributed by atoms with Crippen LogP contribution in [0.1, 0.15) is 16.9 Å². The SMILES string of the molecule is CNC(=O)c1cc(NC2CCSC2)ccn1. The smallest absolute Gasteiger partial charge is 0.269 e. The quantitative estimate of drug-likeness (QED) is 0.833. The highest BCUT2D eigenvalue weighted by Gasteiger charge is 2.15. The summed E-state index contributed by atoms with van der Waals surface area (Å²) in [6, 6.07) is 4.21. The summed E-state index contributed by atoms with van der Waals surface area (Å²) in [4.78, 5) is 15.4. The summed E-state index contributed by atoms with van der Waals surface area (Å²) in [5.41, 5.74) is 1.43. The maximum atomic E-state index is 11.4. The van der Waals surface area contributed by atoms with E-state index < -0.39 is 0 Å². The normalized spacial score (nSPS) is 19.4. The third-order valence-electron chi connectivity index (χ3n) is 2.52. The van der Waals surface area contributed by atoms with Crippen molar-refractivity contribution in [3.63, 3.8) is 0 Å². The Morgan fingerprint density at radius 3 is 3.19 bits per heavy atom. The Hall–Kier alpha value is -1.23. The number of carbonyl (C=O) groups excluding carboxylic acids is 1. The van der Waals surface area contributed by atoms with Gasteiger partial charge in [-0.1, -0.05) is 0 Å². The molecular formula is C11H15N3OS. The van der Waals surface area contributed by atoms with E-state index in [1.54, 1.807) is 19.3 Å². The zero-order valence-corrected chi connectivity index (χ0v) is 10.0. The summed E-state index contributed by atoms with van der Waals surface area (Å²) in [6.45, 7) is 0. The molecule has 0 radical (unpaired) electrons. The number of rotatable bonds is 3. The minimum atomic E-state index is -0.149. The second-order valence-corrected chi connectivity index (χ2v) is 4.86. The highest BCUT2D eigenvalue weighted by atomic mass is 32.2. The molecular weight excluding hydrogens is 222 g/mol. The average Bonchev–Trinajstić information content (AvgIpc) is 2.81. The van der Waals surface area contributed by atoms with Crippen LogP contribution in [0.4, 0.5) is 5.69 Å². The van der Waals surface area contributed by atoms with Crippen LogP contribution < -0.4 is 10.6 Å². The standard InChI is InChI=1S/C11H15N3OS/c1-12-11(15)10-6-8(2-4-13-10)14-9-3-5-16-7-9/h2,4,6,9H,3,5,7H2,1H3,(H,12,15)(H,13,14). The van der Waals surface area contributed by atoms with Crippen LogP contribution in [-0.4, -0.2) is 35.5 Å². The van der Waals surface area contributed by atoms with Gasteiger partial charge in [0.25, 0.3) is 5.91 Å². The van der Waals surface area contributed by atoms with Crippen LogP contribution in [0.15, 0.2) is 18.3 Å². The molecule has 1 aliphatic rings. The molecule has 1 atom stereocenters. The topological polar surface area (TPSA) is 54.0 Å². The van der Waals surface area contributed by atoms with Crippen LogP contribution in [0, 0.1) is 0 Å². The molecule has 1 aliphatic heterocycles. The number of anilines is 1. The molecule has 5 heteroatoms. The van der Waals surface area contributed by atoms with Crippen molar-refractivity contribution in [2.24, 2.45) is 0 Å². The fraction of sp³-hybridized carbons (Fsp3) is 0.455. The van der Waals surface area contributed by atoms with Crippen molar-refractivity contribution in [3.05, 3.63) is 24.0 Å². The van der Waals surface area contributed by atoms with Gasteiger partial charge in [0.05, 0.1) is 0 Å². The van der Waals surface area contributed by atoms with Gasteiger partial charge in [-0.05, 0) is 24.3 Å². The molecule has 16 heavy (non-hydrogen) atoms. The molecule has 1 amide bonds. The van der Waals surface area contributed by atoms with Crippen molar-refractivity contribution in [3.8, 4) is 0 Å². The van der Waals surface area contributed by atoms with Gasteiger partial charge in [-0.25, -0.2) is 0 Å². The first-order valence-electron chi connectivity index (χ1n) is 5.32. The van der Waals surface area contributed by atoms with Crippen LogP contribution in [0.3, 0.4) is 0 Å². The zero-order chi connectivity index (χ0) is 11.4. The molecule has 2 rings (SSSR count). The number of amides is 1. The molecule has 86 valence electrons. The molecule has 1 saturated heterocycles. The minimum Gasteiger partial charge on any atom is -0.381 e. The molecule has 1 unspecified atom stereocenters. The third-order valence-corrected chi connectivity index (χ3v) is 3.68. The first kappa shape index (κ1) is 11.3. The van der Waals surface area contributed by atoms with Crippen molar-refractivity contribution < 1.29 is 4.79 Å². The molecule has 1 aromatic heterocycles. The van der Waals surface area contributed by atoms with Crippen molar-refractivity contribution in [2.75, 3.05) is 23.9 Å². The molecule has 0 saturated carbocycles. The molecule has 2 N–H and O–H groups in total. The Morgan fingerprint density at radius 2 is 2.50 bits per heavy atom. The second kappa shape index (κ2) is 5.21. The summed E-state index contributed by atoms with van der Waals surface area (Å²) in [7, 11) is 1.61. The summed E-state index contributed by atoms with van der Waals surface area (Å²) < 4.78 is 0. The number of hydrogen-bond acceptors (Lipinski definition) is 4. The number of nitrogens with zero attached hydrogens (tertiary/aromatic N) is 1. The fourth-order valence-corrected chi connectivity index (χ4v) is 2.81. The highest BCUT2D eigenvalue weighted by molar-refractivity contribution is 7.99. The number of aromatic nitrogens is 1. The summed E-state index contributed by atoms with van der Waals surface area (Å²) >= 11 is 1.96. The van der Waals surface area contributed by atoms with Gasteiger partial charge in [0.15, 0.2) is 0 Å². The van der Waals surface area contributed by atoms with E-state index in [1.165, 1.54) is 12.2 Å². The predicted octanol–water partition coefficient (Wildman–Crippen LogP) is 1.36. The Morgan fingerprint density at radius 1 is 1.62 bits per heavy atom. The molecule has 0 spiro atoms. The molecule has 1 fully saturated rings. The van der Waals surface area contributed by atoms with Crippen LogP contribution in [-0.2, 0) is 0 Å². The molecule has 0 aromatic carbocycles. The fourth-order valence-electron chi connectivity index (χ4n) is 1.66. The van der Waals surface area contributed by atoms with E-state index in [1.807, 2.05) is 17.8 Å². The maximum Gasteiger partial charge on any atom is 0.269 e. The Labute approximate surface area is 99.2 Å². The molecule has 0 aliphatic carbocycles. The lowest BCUT2D eigenvalue weighted by Gasteiger charge is -2.13. The number of nitrogens with one attached hydrogen (secondary N) is 2. The van der Waals surface area contributed by atoms with E-state index in [0.29, 0.717) is 11.7 Å². The van der Waals surface area contributed by atoms with E-state index in [-0.39, 0.29) is 5.91 Å². The van der Waals surface area contributed by atoms with Gasteiger partial charge in [-0.15, -0.1) is 0 Å². The monoisotopic (exact) mass is 237 g/mol. The number of thioether (sulfide) groups is 1. The molecule has 0 bridgehead atoms. The van der Waals surface area contributed by atoms with Crippen molar-refractivity contribution >= 4 is 23.4 Å². The summed E-state index contributed by atoms with van der Waals surface area (Å²) in [5.74, 6) is 2.20. The van der Waals surface area contributed by atoms with Gasteiger partial charge >= 0.3 is 0 Å². The highest BCUT2D eigenvalue weighted by Crippen LogP contribution is 2.21. The van der Waals surface area contributed by atoms with Crippen LogP contribution in [0.25, 0.3) is 0 Å². The number of carbonyl (C=O) groups is 1. The summed E-state index contributed by atoms with van der Waals surface area (Å²) in [5, 5.41) is 5.99. The Bertz CT molecular complexity index is 377. The van der Waals surface area contributed by atoms with Gasteiger partial charge in [-0.3, -0.25) is 9.78 Å². The lowest BCUT2D eigenvalue weighted by atomic mass is 10.2. The lowest BCUT2D eigenvalue weighted by molar-refractivity contribution is 0.0958. The predicted molar refractivity (Wildman–Crippen MR) is 67.0 cm³/mol. The molecule has 2 heterocycles. The van der Waals surface area contributed by atoms with Crippen LogP contribution >= 0.6 is 11.8 Å². The van der Waals surface area contributed by atoms with Gasteiger partial charge in [-0.2, -0.15) is 11.8 Å². The van der Waals surface area contributed by atoms with E-state index in [9.17, 15) is 4.79 Å². The number of hydrogen-bond donors (Lipinski definition) is 2. The molecule has 4 nitrogen and oxygen atoms in total. The third kappa shape index (κ3) is 2.66. The first-order chi connectivity index (χ1) is 7.79. The van der Waals surface area contributed by atoms with Crippen LogP contribution in [0.5, 0.6) is 0 Å². The van der Waals surface area contributed by atoms with E-state index >= 15 is 0 Å². The maximum absolute atomic E-state index is 11.4. The summed E-state index contributed by atoms with van der Waals surface area (Å²) in [6.07, 6.45) is 2.84. The Kier molecular flexibility index (Phi) is 3.66. The zero-order valence-electron chi connectivity index (χ0n) is 9.19. The van der Waals surface area contributed by atoms with Crippen molar-refractivity contribution in [2.45, 2.75) is 12.5 Å². The Balaban J connectivity index is 2.06. The van der Waals surface area contributed by atoms with Gasteiger partial charge in [0.1, 0.15) is 5.69 Å². The van der Waals surface area contributed by atoms with E-state index in [4.69, 9.17) is 0 Å². The van der Waals surface area contributed by atoms with Gasteiger partial charge in [0.2, 0.25) is 0 Å². The second-order valence-electron chi connectivity index (χ2n) is 3.71. The van der Waals surface area contributed by atoms with Gasteiger partial charge in [0, 0.05) is 30.7 Å². The average molecular weight is 237 g/mol. The largest absolute Gasteiger partial charge is 0.381 e. The first-order valence-corrected chi connectivity index (χ1v) is 6.47. The molecule has 1 aromatic rings.